The molecule has 28 heavy (non-hydrogen) atoms. The summed E-state index contributed by atoms with van der Waals surface area (Å²) in [5.41, 5.74) is 1.65. The van der Waals surface area contributed by atoms with E-state index in [2.05, 4.69) is 10.6 Å². The van der Waals surface area contributed by atoms with Gasteiger partial charge in [-0.2, -0.15) is 0 Å². The van der Waals surface area contributed by atoms with Gasteiger partial charge in [0.25, 0.3) is 0 Å². The number of hydrogen-bond donors (Lipinski definition) is 2. The van der Waals surface area contributed by atoms with E-state index in [0.717, 1.165) is 11.3 Å². The summed E-state index contributed by atoms with van der Waals surface area (Å²) in [5.74, 6) is -0.370. The zero-order chi connectivity index (χ0) is 20.7. The van der Waals surface area contributed by atoms with E-state index in [-0.39, 0.29) is 36.1 Å². The van der Waals surface area contributed by atoms with E-state index in [0.29, 0.717) is 32.2 Å². The van der Waals surface area contributed by atoms with Crippen LogP contribution < -0.4 is 10.6 Å². The molecule has 0 aromatic heterocycles. The van der Waals surface area contributed by atoms with Gasteiger partial charge in [0.15, 0.2) is 0 Å². The lowest BCUT2D eigenvalue weighted by atomic mass is 9.98. The van der Waals surface area contributed by atoms with E-state index in [1.54, 1.807) is 6.92 Å². The Hall–Kier alpha value is -1.93. The Bertz CT molecular complexity index is 777. The Morgan fingerprint density at radius 2 is 1.89 bits per heavy atom. The predicted octanol–water partition coefficient (Wildman–Crippen LogP) is 2.66. The van der Waals surface area contributed by atoms with Gasteiger partial charge in [-0.05, 0) is 43.9 Å². The van der Waals surface area contributed by atoms with Crippen LogP contribution >= 0.6 is 0 Å². The van der Waals surface area contributed by atoms with E-state index in [1.807, 2.05) is 38.1 Å². The van der Waals surface area contributed by atoms with E-state index >= 15 is 0 Å². The molecule has 156 valence electrons. The van der Waals surface area contributed by atoms with Crippen LogP contribution in [-0.2, 0) is 19.6 Å². The van der Waals surface area contributed by atoms with Gasteiger partial charge in [-0.3, -0.25) is 9.59 Å². The largest absolute Gasteiger partial charge is 0.349 e. The number of carbonyl (C=O) groups is 2. The molecule has 1 heterocycles. The molecule has 0 bridgehead atoms. The third-order valence-electron chi connectivity index (χ3n) is 4.98. The van der Waals surface area contributed by atoms with Crippen molar-refractivity contribution >= 4 is 27.5 Å². The van der Waals surface area contributed by atoms with E-state index in [1.165, 1.54) is 4.31 Å². The number of piperidine rings is 1. The zero-order valence-corrected chi connectivity index (χ0v) is 17.7. The summed E-state index contributed by atoms with van der Waals surface area (Å²) in [4.78, 5) is 24.1. The maximum Gasteiger partial charge on any atom is 0.224 e. The standard InChI is InChI=1S/C20H31N3O4S/c1-4-13-28(26,27)23-12-6-7-17(14-23)20(25)21-15(3)16-8-10-18(11-9-16)22-19(24)5-2/h8-11,15,17H,4-7,12-14H2,1-3H3,(H,21,25)(H,22,24)/t15-,17+/m1/s1. The average molecular weight is 410 g/mol. The summed E-state index contributed by atoms with van der Waals surface area (Å²) >= 11 is 0. The van der Waals surface area contributed by atoms with Crippen LogP contribution in [0.3, 0.4) is 0 Å². The molecule has 1 fully saturated rings. The highest BCUT2D eigenvalue weighted by molar-refractivity contribution is 7.89. The van der Waals surface area contributed by atoms with E-state index in [4.69, 9.17) is 0 Å². The molecule has 0 aliphatic carbocycles. The molecule has 2 amide bonds. The second-order valence-electron chi connectivity index (χ2n) is 7.27. The molecule has 1 aliphatic rings. The molecular weight excluding hydrogens is 378 g/mol. The number of nitrogens with one attached hydrogen (secondary N) is 2. The second-order valence-corrected chi connectivity index (χ2v) is 9.36. The van der Waals surface area contributed by atoms with Crippen LogP contribution in [0.1, 0.15) is 58.1 Å². The van der Waals surface area contributed by atoms with Gasteiger partial charge in [-0.25, -0.2) is 12.7 Å². The fraction of sp³-hybridized carbons (Fsp3) is 0.600. The summed E-state index contributed by atoms with van der Waals surface area (Å²) in [6, 6.07) is 7.16. The SMILES string of the molecule is CCCS(=O)(=O)N1CCC[C@H](C(=O)N[C@H](C)c2ccc(NC(=O)CC)cc2)C1. The van der Waals surface area contributed by atoms with Crippen LogP contribution in [0.15, 0.2) is 24.3 Å². The first-order valence-electron chi connectivity index (χ1n) is 9.94. The molecule has 1 aromatic rings. The van der Waals surface area contributed by atoms with Gasteiger partial charge < -0.3 is 10.6 Å². The van der Waals surface area contributed by atoms with Crippen molar-refractivity contribution in [2.24, 2.45) is 5.92 Å². The fourth-order valence-corrected chi connectivity index (χ4v) is 4.90. The van der Waals surface area contributed by atoms with Crippen molar-refractivity contribution in [3.8, 4) is 0 Å². The lowest BCUT2D eigenvalue weighted by Gasteiger charge is -2.31. The minimum atomic E-state index is -3.28. The Morgan fingerprint density at radius 3 is 2.50 bits per heavy atom. The van der Waals surface area contributed by atoms with Crippen molar-refractivity contribution in [3.05, 3.63) is 29.8 Å². The molecule has 1 aromatic carbocycles. The van der Waals surface area contributed by atoms with Gasteiger partial charge in [0.1, 0.15) is 0 Å². The molecule has 8 heteroatoms. The van der Waals surface area contributed by atoms with Gasteiger partial charge in [-0.1, -0.05) is 26.0 Å². The first kappa shape index (κ1) is 22.4. The van der Waals surface area contributed by atoms with Gasteiger partial charge in [0.05, 0.1) is 17.7 Å². The molecule has 7 nitrogen and oxygen atoms in total. The summed E-state index contributed by atoms with van der Waals surface area (Å²) in [5, 5.41) is 5.78. The van der Waals surface area contributed by atoms with E-state index < -0.39 is 10.0 Å². The highest BCUT2D eigenvalue weighted by Gasteiger charge is 2.32. The summed E-state index contributed by atoms with van der Waals surface area (Å²) in [7, 11) is -3.28. The van der Waals surface area contributed by atoms with E-state index in [9.17, 15) is 18.0 Å². The van der Waals surface area contributed by atoms with Crippen molar-refractivity contribution in [3.63, 3.8) is 0 Å². The van der Waals surface area contributed by atoms with Gasteiger partial charge in [0.2, 0.25) is 21.8 Å². The zero-order valence-electron chi connectivity index (χ0n) is 16.9. The summed E-state index contributed by atoms with van der Waals surface area (Å²) in [6.45, 7) is 6.27. The minimum Gasteiger partial charge on any atom is -0.349 e. The molecule has 2 atom stereocenters. The van der Waals surface area contributed by atoms with Crippen LogP contribution in [0.25, 0.3) is 0 Å². The summed E-state index contributed by atoms with van der Waals surface area (Å²) < 4.78 is 26.0. The van der Waals surface area contributed by atoms with Crippen molar-refractivity contribution in [1.29, 1.82) is 0 Å². The molecule has 0 unspecified atom stereocenters. The van der Waals surface area contributed by atoms with Crippen molar-refractivity contribution in [2.45, 2.75) is 52.5 Å². The van der Waals surface area contributed by atoms with Crippen LogP contribution in [0.5, 0.6) is 0 Å². The van der Waals surface area contributed by atoms with Crippen LogP contribution in [0, 0.1) is 5.92 Å². The number of rotatable bonds is 8. The third kappa shape index (κ3) is 6.04. The average Bonchev–Trinajstić information content (AvgIpc) is 2.68. The van der Waals surface area contributed by atoms with Gasteiger partial charge in [-0.15, -0.1) is 0 Å². The molecule has 2 rings (SSSR count). The lowest BCUT2D eigenvalue weighted by molar-refractivity contribution is -0.126. The Balaban J connectivity index is 1.95. The molecule has 2 N–H and O–H groups in total. The predicted molar refractivity (Wildman–Crippen MR) is 110 cm³/mol. The quantitative estimate of drug-likeness (QED) is 0.690. The number of carbonyl (C=O) groups excluding carboxylic acids is 2. The number of anilines is 1. The first-order valence-corrected chi connectivity index (χ1v) is 11.6. The Kier molecular flexibility index (Phi) is 8.00. The first-order chi connectivity index (χ1) is 13.3. The monoisotopic (exact) mass is 409 g/mol. The van der Waals surface area contributed by atoms with Crippen molar-refractivity contribution in [1.82, 2.24) is 9.62 Å². The van der Waals surface area contributed by atoms with Gasteiger partial charge in [0, 0.05) is 25.2 Å². The number of amides is 2. The van der Waals surface area contributed by atoms with Crippen LogP contribution in [0.2, 0.25) is 0 Å². The fourth-order valence-electron chi connectivity index (χ4n) is 3.32. The number of nitrogens with zero attached hydrogens (tertiary/aromatic N) is 1. The highest BCUT2D eigenvalue weighted by Crippen LogP contribution is 2.22. The van der Waals surface area contributed by atoms with Crippen LogP contribution in [0.4, 0.5) is 5.69 Å². The Morgan fingerprint density at radius 1 is 1.21 bits per heavy atom. The van der Waals surface area contributed by atoms with Gasteiger partial charge >= 0.3 is 0 Å². The number of hydrogen-bond acceptors (Lipinski definition) is 4. The maximum atomic E-state index is 12.7. The molecule has 0 spiro atoms. The Labute approximate surface area is 167 Å². The summed E-state index contributed by atoms with van der Waals surface area (Å²) in [6.07, 6.45) is 2.38. The molecule has 1 saturated heterocycles. The second kappa shape index (κ2) is 10.0. The number of benzene rings is 1. The number of sulfonamides is 1. The topological polar surface area (TPSA) is 95.6 Å². The normalized spacial score (nSPS) is 19.0. The third-order valence-corrected chi connectivity index (χ3v) is 7.03. The van der Waals surface area contributed by atoms with Crippen molar-refractivity contribution in [2.75, 3.05) is 24.2 Å². The molecule has 1 aliphatic heterocycles. The lowest BCUT2D eigenvalue weighted by Crippen LogP contribution is -2.46. The maximum absolute atomic E-state index is 12.7. The molecular formula is C20H31N3O4S. The van der Waals surface area contributed by atoms with Crippen molar-refractivity contribution < 1.29 is 18.0 Å². The molecule has 0 radical (unpaired) electrons. The minimum absolute atomic E-state index is 0.0472. The molecule has 0 saturated carbocycles. The van der Waals surface area contributed by atoms with Crippen LogP contribution in [-0.4, -0.2) is 43.4 Å². The smallest absolute Gasteiger partial charge is 0.224 e. The highest BCUT2D eigenvalue weighted by atomic mass is 32.2.